The Morgan fingerprint density at radius 2 is 1.77 bits per heavy atom. The van der Waals surface area contributed by atoms with Crippen LogP contribution in [0.2, 0.25) is 0 Å². The van der Waals surface area contributed by atoms with Gasteiger partial charge in [0.05, 0.1) is 23.3 Å². The van der Waals surface area contributed by atoms with Gasteiger partial charge in [-0.2, -0.15) is 0 Å². The lowest BCUT2D eigenvalue weighted by Crippen LogP contribution is -2.33. The van der Waals surface area contributed by atoms with E-state index in [2.05, 4.69) is 5.32 Å². The summed E-state index contributed by atoms with van der Waals surface area (Å²) < 4.78 is 10.4. The Morgan fingerprint density at radius 3 is 2.39 bits per heavy atom. The Kier molecular flexibility index (Phi) is 6.66. The van der Waals surface area contributed by atoms with Crippen LogP contribution in [0.5, 0.6) is 5.75 Å². The molecule has 0 fully saturated rings. The van der Waals surface area contributed by atoms with E-state index in [9.17, 15) is 19.7 Å². The van der Waals surface area contributed by atoms with Crippen molar-refractivity contribution in [2.45, 2.75) is 13.3 Å². The fraction of sp³-hybridized carbons (Fsp3) is 0.273. The lowest BCUT2D eigenvalue weighted by Gasteiger charge is -2.15. The van der Waals surface area contributed by atoms with Crippen LogP contribution in [0.25, 0.3) is 5.57 Å². The highest BCUT2D eigenvalue weighted by Crippen LogP contribution is 2.34. The number of imide groups is 1. The predicted octanol–water partition coefficient (Wildman–Crippen LogP) is 3.14. The minimum absolute atomic E-state index is 0.0974. The lowest BCUT2D eigenvalue weighted by atomic mass is 10.0. The largest absolute Gasteiger partial charge is 0.495 e. The second kappa shape index (κ2) is 9.40. The molecule has 1 heterocycles. The van der Waals surface area contributed by atoms with E-state index in [1.54, 1.807) is 13.2 Å². The first kappa shape index (κ1) is 22.0. The SMILES string of the molecule is COCCCN1C(=O)C(Nc2cc(C)ccc2OC)=C(c2ccc([N+](=O)[O-])cc2)C1=O. The maximum Gasteiger partial charge on any atom is 0.278 e. The molecular weight excluding hydrogens is 402 g/mol. The highest BCUT2D eigenvalue weighted by molar-refractivity contribution is 6.36. The first-order valence-electron chi connectivity index (χ1n) is 9.63. The van der Waals surface area contributed by atoms with Crippen molar-refractivity contribution in [3.63, 3.8) is 0 Å². The zero-order valence-corrected chi connectivity index (χ0v) is 17.5. The normalized spacial score (nSPS) is 13.7. The summed E-state index contributed by atoms with van der Waals surface area (Å²) >= 11 is 0. The van der Waals surface area contributed by atoms with Gasteiger partial charge < -0.3 is 14.8 Å². The van der Waals surface area contributed by atoms with E-state index in [0.717, 1.165) is 10.5 Å². The third-order valence-corrected chi connectivity index (χ3v) is 4.88. The second-order valence-electron chi connectivity index (χ2n) is 6.99. The zero-order chi connectivity index (χ0) is 22.5. The number of rotatable bonds is 9. The number of nitrogens with one attached hydrogen (secondary N) is 1. The minimum atomic E-state index is -0.520. The van der Waals surface area contributed by atoms with Crippen molar-refractivity contribution >= 4 is 28.8 Å². The van der Waals surface area contributed by atoms with Gasteiger partial charge in [-0.05, 0) is 48.7 Å². The summed E-state index contributed by atoms with van der Waals surface area (Å²) in [6, 6.07) is 11.0. The molecule has 2 aromatic carbocycles. The number of hydrogen-bond donors (Lipinski definition) is 1. The van der Waals surface area contributed by atoms with Gasteiger partial charge in [-0.25, -0.2) is 0 Å². The Hall–Kier alpha value is -3.72. The summed E-state index contributed by atoms with van der Waals surface area (Å²) in [5, 5.41) is 14.0. The molecule has 0 saturated carbocycles. The van der Waals surface area contributed by atoms with Gasteiger partial charge >= 0.3 is 0 Å². The van der Waals surface area contributed by atoms with Crippen LogP contribution in [0.3, 0.4) is 0 Å². The number of non-ortho nitro benzene ring substituents is 1. The summed E-state index contributed by atoms with van der Waals surface area (Å²) in [5.41, 5.74) is 2.03. The third-order valence-electron chi connectivity index (χ3n) is 4.88. The maximum absolute atomic E-state index is 13.2. The Morgan fingerprint density at radius 1 is 1.06 bits per heavy atom. The van der Waals surface area contributed by atoms with Gasteiger partial charge in [0.25, 0.3) is 17.5 Å². The van der Waals surface area contributed by atoms with E-state index < -0.39 is 16.7 Å². The molecule has 0 bridgehead atoms. The molecular formula is C22H23N3O6. The number of nitro benzene ring substituents is 1. The van der Waals surface area contributed by atoms with E-state index in [0.29, 0.717) is 30.0 Å². The number of methoxy groups -OCH3 is 2. The van der Waals surface area contributed by atoms with Crippen molar-refractivity contribution < 1.29 is 24.0 Å². The number of nitrogens with zero attached hydrogens (tertiary/aromatic N) is 2. The summed E-state index contributed by atoms with van der Waals surface area (Å²) in [4.78, 5) is 37.9. The van der Waals surface area contributed by atoms with E-state index in [4.69, 9.17) is 9.47 Å². The second-order valence-corrected chi connectivity index (χ2v) is 6.99. The molecule has 0 unspecified atom stereocenters. The Labute approximate surface area is 179 Å². The van der Waals surface area contributed by atoms with Crippen molar-refractivity contribution in [1.82, 2.24) is 4.90 Å². The first-order chi connectivity index (χ1) is 14.9. The number of hydrogen-bond acceptors (Lipinski definition) is 7. The molecule has 1 aliphatic heterocycles. The van der Waals surface area contributed by atoms with Crippen molar-refractivity contribution in [3.05, 3.63) is 69.4 Å². The molecule has 31 heavy (non-hydrogen) atoms. The number of carbonyl (C=O) groups excluding carboxylic acids is 2. The van der Waals surface area contributed by atoms with Gasteiger partial charge in [-0.1, -0.05) is 6.07 Å². The molecule has 162 valence electrons. The smallest absolute Gasteiger partial charge is 0.278 e. The zero-order valence-electron chi connectivity index (χ0n) is 17.5. The van der Waals surface area contributed by atoms with Crippen LogP contribution in [0.4, 0.5) is 11.4 Å². The molecule has 2 amide bonds. The number of benzene rings is 2. The number of anilines is 1. The topological polar surface area (TPSA) is 111 Å². The number of nitro groups is 1. The lowest BCUT2D eigenvalue weighted by molar-refractivity contribution is -0.384. The molecule has 2 aromatic rings. The fourth-order valence-corrected chi connectivity index (χ4v) is 3.33. The van der Waals surface area contributed by atoms with Crippen LogP contribution in [0, 0.1) is 17.0 Å². The summed E-state index contributed by atoms with van der Waals surface area (Å²) in [6.45, 7) is 2.49. The van der Waals surface area contributed by atoms with Crippen LogP contribution in [0.15, 0.2) is 48.2 Å². The monoisotopic (exact) mass is 425 g/mol. The van der Waals surface area contributed by atoms with Crippen molar-refractivity contribution in [3.8, 4) is 5.75 Å². The van der Waals surface area contributed by atoms with Crippen molar-refractivity contribution in [1.29, 1.82) is 0 Å². The predicted molar refractivity (Wildman–Crippen MR) is 115 cm³/mol. The van der Waals surface area contributed by atoms with E-state index in [1.807, 2.05) is 19.1 Å². The fourth-order valence-electron chi connectivity index (χ4n) is 3.33. The molecule has 1 N–H and O–H groups in total. The van der Waals surface area contributed by atoms with Gasteiger partial charge in [-0.15, -0.1) is 0 Å². The number of ether oxygens (including phenoxy) is 2. The molecule has 1 aliphatic rings. The first-order valence-corrected chi connectivity index (χ1v) is 9.63. The number of carbonyl (C=O) groups is 2. The average Bonchev–Trinajstić information content (AvgIpc) is 2.98. The minimum Gasteiger partial charge on any atom is -0.495 e. The van der Waals surface area contributed by atoms with Crippen LogP contribution in [-0.2, 0) is 14.3 Å². The summed E-state index contributed by atoms with van der Waals surface area (Å²) in [6.07, 6.45) is 0.489. The Balaban J connectivity index is 2.05. The number of aryl methyl sites for hydroxylation is 1. The molecule has 3 rings (SSSR count). The molecule has 9 heteroatoms. The highest BCUT2D eigenvalue weighted by Gasteiger charge is 2.39. The molecule has 0 aliphatic carbocycles. The molecule has 0 saturated heterocycles. The van der Waals surface area contributed by atoms with Crippen LogP contribution < -0.4 is 10.1 Å². The van der Waals surface area contributed by atoms with Crippen LogP contribution in [0.1, 0.15) is 17.5 Å². The van der Waals surface area contributed by atoms with Gasteiger partial charge in [0.1, 0.15) is 11.4 Å². The Bertz CT molecular complexity index is 1050. The van der Waals surface area contributed by atoms with Gasteiger partial charge in [0, 0.05) is 32.4 Å². The molecule has 0 aromatic heterocycles. The van der Waals surface area contributed by atoms with Crippen molar-refractivity contribution in [2.24, 2.45) is 0 Å². The summed E-state index contributed by atoms with van der Waals surface area (Å²) in [7, 11) is 3.06. The highest BCUT2D eigenvalue weighted by atomic mass is 16.6. The third kappa shape index (κ3) is 4.56. The molecule has 0 radical (unpaired) electrons. The summed E-state index contributed by atoms with van der Waals surface area (Å²) in [5.74, 6) is -0.429. The quantitative estimate of drug-likeness (QED) is 0.284. The van der Waals surface area contributed by atoms with E-state index >= 15 is 0 Å². The van der Waals surface area contributed by atoms with E-state index in [-0.39, 0.29) is 23.5 Å². The molecule has 0 spiro atoms. The standard InChI is InChI=1S/C22H23N3O6/c1-14-5-10-18(31-3)17(13-14)23-20-19(15-6-8-16(9-7-15)25(28)29)21(26)24(22(20)27)11-4-12-30-2/h5-10,13,23H,4,11-12H2,1-3H3. The molecule has 9 nitrogen and oxygen atoms in total. The van der Waals surface area contributed by atoms with Gasteiger partial charge in [0.2, 0.25) is 0 Å². The number of amides is 2. The van der Waals surface area contributed by atoms with Gasteiger partial charge in [-0.3, -0.25) is 24.6 Å². The average molecular weight is 425 g/mol. The maximum atomic E-state index is 13.2. The van der Waals surface area contributed by atoms with Crippen LogP contribution in [-0.4, -0.2) is 49.0 Å². The van der Waals surface area contributed by atoms with Crippen molar-refractivity contribution in [2.75, 3.05) is 32.7 Å². The van der Waals surface area contributed by atoms with Crippen LogP contribution >= 0.6 is 0 Å². The molecule has 0 atom stereocenters. The van der Waals surface area contributed by atoms with E-state index in [1.165, 1.54) is 31.4 Å². The van der Waals surface area contributed by atoms with Gasteiger partial charge in [0.15, 0.2) is 0 Å².